The van der Waals surface area contributed by atoms with Gasteiger partial charge in [0.05, 0.1) is 0 Å². The minimum atomic E-state index is -4.73. The molecular formula is C3H3BF3K. The van der Waals surface area contributed by atoms with Gasteiger partial charge in [-0.25, -0.2) is 0 Å². The summed E-state index contributed by atoms with van der Waals surface area (Å²) < 4.78 is 32.9. The van der Waals surface area contributed by atoms with Crippen LogP contribution in [0, 0.1) is 12.3 Å². The van der Waals surface area contributed by atoms with Crippen LogP contribution in [0.5, 0.6) is 0 Å². The van der Waals surface area contributed by atoms with Crippen LogP contribution in [0.2, 0.25) is 6.32 Å². The molecule has 0 fully saturated rings. The molecule has 0 saturated carbocycles. The van der Waals surface area contributed by atoms with Crippen molar-refractivity contribution in [2.45, 2.75) is 6.32 Å². The number of hydrogen-bond donors (Lipinski definition) is 0. The Morgan fingerprint density at radius 2 is 1.75 bits per heavy atom. The van der Waals surface area contributed by atoms with Crippen molar-refractivity contribution in [3.63, 3.8) is 0 Å². The molecule has 0 radical (unpaired) electrons. The second-order valence-electron chi connectivity index (χ2n) is 1.12. The van der Waals surface area contributed by atoms with Gasteiger partial charge in [0.2, 0.25) is 0 Å². The largest absolute Gasteiger partial charge is 1.00 e. The first-order valence-electron chi connectivity index (χ1n) is 1.71. The summed E-state index contributed by atoms with van der Waals surface area (Å²) in [6.45, 7) is -4.73. The van der Waals surface area contributed by atoms with Gasteiger partial charge in [-0.05, 0) is 6.32 Å². The van der Waals surface area contributed by atoms with E-state index in [9.17, 15) is 12.9 Å². The normalized spacial score (nSPS) is 9.25. The Bertz CT molecular complexity index is 91.7. The average molecular weight is 146 g/mol. The second-order valence-corrected chi connectivity index (χ2v) is 1.12. The van der Waals surface area contributed by atoms with Crippen LogP contribution in [-0.2, 0) is 0 Å². The van der Waals surface area contributed by atoms with E-state index in [0.717, 1.165) is 0 Å². The maximum atomic E-state index is 11.0. The van der Waals surface area contributed by atoms with Gasteiger partial charge in [0, 0.05) is 0 Å². The van der Waals surface area contributed by atoms with Crippen LogP contribution in [0.4, 0.5) is 12.9 Å². The van der Waals surface area contributed by atoms with Gasteiger partial charge in [0.15, 0.2) is 0 Å². The summed E-state index contributed by atoms with van der Waals surface area (Å²) in [5, 5.41) is 0. The standard InChI is InChI=1S/C3H3BF3.K/c1-2-3-4(5,6)7;/h1H,3H2;/q-1;+1. The van der Waals surface area contributed by atoms with Gasteiger partial charge in [-0.1, -0.05) is 0 Å². The van der Waals surface area contributed by atoms with Crippen LogP contribution in [0.3, 0.4) is 0 Å². The van der Waals surface area contributed by atoms with Crippen molar-refractivity contribution < 1.29 is 64.3 Å². The van der Waals surface area contributed by atoms with E-state index in [4.69, 9.17) is 0 Å². The quantitative estimate of drug-likeness (QED) is 0.311. The Labute approximate surface area is 88.7 Å². The van der Waals surface area contributed by atoms with Gasteiger partial charge >= 0.3 is 58.4 Å². The van der Waals surface area contributed by atoms with E-state index in [1.807, 2.05) is 0 Å². The molecule has 0 unspecified atom stereocenters. The Kier molecular flexibility index (Phi) is 7.21. The van der Waals surface area contributed by atoms with Crippen LogP contribution in [0.25, 0.3) is 0 Å². The van der Waals surface area contributed by atoms with Crippen LogP contribution in [-0.4, -0.2) is 6.98 Å². The fraction of sp³-hybridized carbons (Fsp3) is 0.333. The molecule has 5 heteroatoms. The van der Waals surface area contributed by atoms with E-state index in [1.54, 1.807) is 0 Å². The molecule has 8 heavy (non-hydrogen) atoms. The van der Waals surface area contributed by atoms with Crippen molar-refractivity contribution in [2.75, 3.05) is 0 Å². The molecule has 0 bridgehead atoms. The Morgan fingerprint density at radius 3 is 1.75 bits per heavy atom. The zero-order valence-electron chi connectivity index (χ0n) is 4.50. The van der Waals surface area contributed by atoms with Gasteiger partial charge < -0.3 is 12.9 Å². The second kappa shape index (κ2) is 4.89. The van der Waals surface area contributed by atoms with E-state index < -0.39 is 13.3 Å². The van der Waals surface area contributed by atoms with Crippen molar-refractivity contribution in [3.05, 3.63) is 0 Å². The molecule has 0 aliphatic rings. The summed E-state index contributed by atoms with van der Waals surface area (Å²) in [6.07, 6.45) is 3.29. The molecule has 0 nitrogen and oxygen atoms in total. The van der Waals surface area contributed by atoms with Crippen LogP contribution >= 0.6 is 0 Å². The van der Waals surface area contributed by atoms with Crippen molar-refractivity contribution >= 4 is 6.98 Å². The Morgan fingerprint density at radius 1 is 1.38 bits per heavy atom. The summed E-state index contributed by atoms with van der Waals surface area (Å²) in [6, 6.07) is 0. The first kappa shape index (κ1) is 11.8. The van der Waals surface area contributed by atoms with Crippen molar-refractivity contribution in [2.24, 2.45) is 0 Å². The molecule has 0 aromatic heterocycles. The first-order valence-corrected chi connectivity index (χ1v) is 1.71. The molecule has 0 aliphatic carbocycles. The minimum Gasteiger partial charge on any atom is -0.448 e. The molecule has 0 heterocycles. The first-order chi connectivity index (χ1) is 3.06. The van der Waals surface area contributed by atoms with Crippen molar-refractivity contribution in [1.29, 1.82) is 0 Å². The molecule has 0 aromatic carbocycles. The maximum absolute atomic E-state index is 11.0. The van der Waals surface area contributed by atoms with Crippen molar-refractivity contribution in [1.82, 2.24) is 0 Å². The maximum Gasteiger partial charge on any atom is 1.00 e. The number of halogens is 3. The third-order valence-corrected chi connectivity index (χ3v) is 0.349. The topological polar surface area (TPSA) is 0 Å². The number of terminal acetylenes is 1. The molecule has 0 amide bonds. The summed E-state index contributed by atoms with van der Waals surface area (Å²) in [7, 11) is 0. The fourth-order valence-electron chi connectivity index (χ4n) is 0.134. The number of hydrogen-bond acceptors (Lipinski definition) is 0. The van der Waals surface area contributed by atoms with Gasteiger partial charge in [-0.2, -0.15) is 0 Å². The van der Waals surface area contributed by atoms with Gasteiger partial charge in [0.1, 0.15) is 0 Å². The third-order valence-electron chi connectivity index (χ3n) is 0.349. The van der Waals surface area contributed by atoms with Crippen molar-refractivity contribution in [3.8, 4) is 12.3 Å². The fourth-order valence-corrected chi connectivity index (χ4v) is 0.134. The molecule has 0 spiro atoms. The molecule has 40 valence electrons. The van der Waals surface area contributed by atoms with E-state index >= 15 is 0 Å². The van der Waals surface area contributed by atoms with Gasteiger partial charge in [-0.15, -0.1) is 12.3 Å². The zero-order valence-corrected chi connectivity index (χ0v) is 7.62. The van der Waals surface area contributed by atoms with Gasteiger partial charge in [-0.3, -0.25) is 0 Å². The predicted octanol–water partition coefficient (Wildman–Crippen LogP) is -1.53. The molecular weight excluding hydrogens is 143 g/mol. The minimum absolute atomic E-state index is 0. The Balaban J connectivity index is 0. The molecule has 0 saturated heterocycles. The summed E-state index contributed by atoms with van der Waals surface area (Å²) in [5.41, 5.74) is 0. The smallest absolute Gasteiger partial charge is 0.448 e. The van der Waals surface area contributed by atoms with Crippen LogP contribution in [0.15, 0.2) is 0 Å². The van der Waals surface area contributed by atoms with Crippen LogP contribution in [0.1, 0.15) is 0 Å². The molecule has 0 aromatic rings. The monoisotopic (exact) mass is 146 g/mol. The predicted molar refractivity (Wildman–Crippen MR) is 22.7 cm³/mol. The van der Waals surface area contributed by atoms with E-state index in [2.05, 4.69) is 6.42 Å². The van der Waals surface area contributed by atoms with Crippen LogP contribution < -0.4 is 51.4 Å². The van der Waals surface area contributed by atoms with Gasteiger partial charge in [0.25, 0.3) is 0 Å². The summed E-state index contributed by atoms with van der Waals surface area (Å²) >= 11 is 0. The SMILES string of the molecule is C#CC[B-](F)(F)F.[K+]. The molecule has 0 aliphatic heterocycles. The summed E-state index contributed by atoms with van der Waals surface area (Å²) in [5.74, 6) is 1.51. The van der Waals surface area contributed by atoms with E-state index in [1.165, 1.54) is 5.92 Å². The Hall–Kier alpha value is 1.05. The van der Waals surface area contributed by atoms with E-state index in [0.29, 0.717) is 0 Å². The summed E-state index contributed by atoms with van der Waals surface area (Å²) in [4.78, 5) is 0. The number of rotatable bonds is 1. The zero-order chi connectivity index (χ0) is 5.91. The third kappa shape index (κ3) is 10.1. The molecule has 0 N–H and O–H groups in total. The molecule has 0 atom stereocenters. The average Bonchev–Trinajstić information content (AvgIpc) is 1.30. The molecule has 0 rings (SSSR count). The van der Waals surface area contributed by atoms with E-state index in [-0.39, 0.29) is 51.4 Å².